The summed E-state index contributed by atoms with van der Waals surface area (Å²) < 4.78 is 5.42. The van der Waals surface area contributed by atoms with E-state index in [0.29, 0.717) is 24.8 Å². The highest BCUT2D eigenvalue weighted by atomic mass is 32.2. The fraction of sp³-hybridized carbons (Fsp3) is 0.571. The lowest BCUT2D eigenvalue weighted by atomic mass is 9.97. The number of carbonyl (C=O) groups excluding carboxylic acids is 2. The highest BCUT2D eigenvalue weighted by Crippen LogP contribution is 2.25. The maximum Gasteiger partial charge on any atom is 0.257 e. The van der Waals surface area contributed by atoms with Gasteiger partial charge < -0.3 is 15.4 Å². The summed E-state index contributed by atoms with van der Waals surface area (Å²) >= 11 is 1.49. The summed E-state index contributed by atoms with van der Waals surface area (Å²) in [7, 11) is 0. The van der Waals surface area contributed by atoms with Crippen molar-refractivity contribution in [2.24, 2.45) is 4.99 Å². The molecule has 1 aromatic rings. The zero-order valence-corrected chi connectivity index (χ0v) is 17.0. The molecule has 0 radical (unpaired) electrons. The molecule has 152 valence electrons. The monoisotopic (exact) mass is 403 g/mol. The van der Waals surface area contributed by atoms with Crippen LogP contribution in [0.5, 0.6) is 5.75 Å². The fourth-order valence-electron chi connectivity index (χ4n) is 3.45. The Morgan fingerprint density at radius 2 is 1.86 bits per heavy atom. The van der Waals surface area contributed by atoms with Gasteiger partial charge in [0.25, 0.3) is 5.91 Å². The van der Waals surface area contributed by atoms with E-state index in [1.165, 1.54) is 43.9 Å². The molecule has 28 heavy (non-hydrogen) atoms. The summed E-state index contributed by atoms with van der Waals surface area (Å²) in [5.74, 6) is 0.471. The van der Waals surface area contributed by atoms with E-state index in [1.807, 2.05) is 30.3 Å². The van der Waals surface area contributed by atoms with E-state index in [9.17, 15) is 9.59 Å². The first kappa shape index (κ1) is 20.7. The van der Waals surface area contributed by atoms with E-state index < -0.39 is 0 Å². The largest absolute Gasteiger partial charge is 0.484 e. The number of amidine groups is 1. The molecular weight excluding hydrogens is 374 g/mol. The van der Waals surface area contributed by atoms with Gasteiger partial charge in [0.15, 0.2) is 11.8 Å². The summed E-state index contributed by atoms with van der Waals surface area (Å²) in [6.45, 7) is 0.418. The molecule has 2 aliphatic rings. The molecule has 0 aromatic heterocycles. The van der Waals surface area contributed by atoms with Gasteiger partial charge in [0.2, 0.25) is 5.91 Å². The molecule has 1 aliphatic carbocycles. The Morgan fingerprint density at radius 3 is 2.61 bits per heavy atom. The first-order valence-electron chi connectivity index (χ1n) is 10.2. The Bertz CT molecular complexity index is 673. The maximum absolute atomic E-state index is 12.2. The SMILES string of the molecule is O=C(COc1ccccc1)NCCC1SC(=NC2CCCCCCC2)NC1=O. The molecule has 1 aliphatic heterocycles. The standard InChI is InChI=1S/C21H29N3O3S/c25-19(15-27-17-11-7-4-8-12-17)22-14-13-18-20(26)24-21(28-18)23-16-9-5-2-1-3-6-10-16/h4,7-8,11-12,16,18H,1-3,5-6,9-10,13-15H2,(H,22,25)(H,23,24,26). The van der Waals surface area contributed by atoms with Crippen molar-refractivity contribution < 1.29 is 14.3 Å². The average molecular weight is 404 g/mol. The third-order valence-corrected chi connectivity index (χ3v) is 6.16. The summed E-state index contributed by atoms with van der Waals surface area (Å²) in [5.41, 5.74) is 0. The van der Waals surface area contributed by atoms with E-state index in [-0.39, 0.29) is 23.7 Å². The van der Waals surface area contributed by atoms with Crippen molar-refractivity contribution in [1.29, 1.82) is 0 Å². The Morgan fingerprint density at radius 1 is 1.14 bits per heavy atom. The van der Waals surface area contributed by atoms with Gasteiger partial charge in [-0.1, -0.05) is 62.1 Å². The van der Waals surface area contributed by atoms with Crippen molar-refractivity contribution in [3.63, 3.8) is 0 Å². The van der Waals surface area contributed by atoms with Crippen LogP contribution in [0.15, 0.2) is 35.3 Å². The molecule has 1 aromatic carbocycles. The van der Waals surface area contributed by atoms with E-state index in [2.05, 4.69) is 10.6 Å². The average Bonchev–Trinajstić information content (AvgIpc) is 3.02. The highest BCUT2D eigenvalue weighted by molar-refractivity contribution is 8.15. The van der Waals surface area contributed by atoms with Crippen molar-refractivity contribution in [2.45, 2.75) is 62.7 Å². The predicted octanol–water partition coefficient (Wildman–Crippen LogP) is 3.27. The van der Waals surface area contributed by atoms with Crippen molar-refractivity contribution in [3.8, 4) is 5.75 Å². The van der Waals surface area contributed by atoms with Crippen molar-refractivity contribution in [3.05, 3.63) is 30.3 Å². The number of aliphatic imine (C=N–C) groups is 1. The molecule has 7 heteroatoms. The quantitative estimate of drug-likeness (QED) is 0.732. The molecule has 1 heterocycles. The molecule has 3 rings (SSSR count). The number of hydrogen-bond acceptors (Lipinski definition) is 5. The lowest BCUT2D eigenvalue weighted by Gasteiger charge is -2.16. The predicted molar refractivity (Wildman–Crippen MR) is 113 cm³/mol. The Balaban J connectivity index is 1.37. The van der Waals surface area contributed by atoms with Crippen LogP contribution in [0.4, 0.5) is 0 Å². The minimum absolute atomic E-state index is 0.00983. The lowest BCUT2D eigenvalue weighted by molar-refractivity contribution is -0.123. The topological polar surface area (TPSA) is 79.8 Å². The van der Waals surface area contributed by atoms with E-state index >= 15 is 0 Å². The van der Waals surface area contributed by atoms with Crippen LogP contribution in [0, 0.1) is 0 Å². The maximum atomic E-state index is 12.2. The molecule has 6 nitrogen and oxygen atoms in total. The van der Waals surface area contributed by atoms with Crippen LogP contribution in [-0.2, 0) is 9.59 Å². The molecule has 1 saturated heterocycles. The summed E-state index contributed by atoms with van der Waals surface area (Å²) in [5, 5.41) is 6.28. The van der Waals surface area contributed by atoms with E-state index in [0.717, 1.165) is 18.0 Å². The number of benzene rings is 1. The second kappa shape index (κ2) is 11.1. The minimum atomic E-state index is -0.192. The number of hydrogen-bond donors (Lipinski definition) is 2. The first-order valence-corrected chi connectivity index (χ1v) is 11.1. The number of rotatable bonds is 7. The van der Waals surface area contributed by atoms with Crippen LogP contribution in [0.3, 0.4) is 0 Å². The summed E-state index contributed by atoms with van der Waals surface area (Å²) in [4.78, 5) is 28.9. The summed E-state index contributed by atoms with van der Waals surface area (Å²) in [6.07, 6.45) is 9.16. The van der Waals surface area contributed by atoms with Crippen molar-refractivity contribution >= 4 is 28.7 Å². The molecule has 0 bridgehead atoms. The van der Waals surface area contributed by atoms with Crippen LogP contribution in [0.1, 0.15) is 51.4 Å². The molecule has 2 fully saturated rings. The number of ether oxygens (including phenoxy) is 1. The number of para-hydroxylation sites is 1. The van der Waals surface area contributed by atoms with Crippen LogP contribution in [0.2, 0.25) is 0 Å². The third kappa shape index (κ3) is 6.86. The second-order valence-electron chi connectivity index (χ2n) is 7.27. The molecule has 0 spiro atoms. The zero-order valence-electron chi connectivity index (χ0n) is 16.2. The Kier molecular flexibility index (Phi) is 8.21. The molecule has 1 atom stereocenters. The molecule has 1 saturated carbocycles. The Labute approximate surface area is 170 Å². The Hall–Kier alpha value is -2.02. The number of amides is 2. The van der Waals surface area contributed by atoms with Gasteiger partial charge in [-0.3, -0.25) is 14.6 Å². The number of nitrogens with one attached hydrogen (secondary N) is 2. The van der Waals surface area contributed by atoms with Gasteiger partial charge in [-0.25, -0.2) is 0 Å². The second-order valence-corrected chi connectivity index (χ2v) is 8.46. The zero-order chi connectivity index (χ0) is 19.6. The molecular formula is C21H29N3O3S. The molecule has 1 unspecified atom stereocenters. The van der Waals surface area contributed by atoms with Gasteiger partial charge in [0.05, 0.1) is 11.3 Å². The number of thioether (sulfide) groups is 1. The summed E-state index contributed by atoms with van der Waals surface area (Å²) in [6, 6.07) is 9.56. The third-order valence-electron chi connectivity index (χ3n) is 4.99. The van der Waals surface area contributed by atoms with Crippen LogP contribution in [0.25, 0.3) is 0 Å². The van der Waals surface area contributed by atoms with Gasteiger partial charge in [0.1, 0.15) is 5.75 Å². The normalized spacial score (nSPS) is 22.4. The minimum Gasteiger partial charge on any atom is -0.484 e. The van der Waals surface area contributed by atoms with Crippen LogP contribution in [-0.4, -0.2) is 41.4 Å². The van der Waals surface area contributed by atoms with Crippen molar-refractivity contribution in [2.75, 3.05) is 13.2 Å². The fourth-order valence-corrected chi connectivity index (χ4v) is 4.49. The van der Waals surface area contributed by atoms with E-state index in [1.54, 1.807) is 0 Å². The molecule has 2 amide bonds. The van der Waals surface area contributed by atoms with Gasteiger partial charge in [-0.2, -0.15) is 0 Å². The van der Waals surface area contributed by atoms with Gasteiger partial charge in [0, 0.05) is 6.54 Å². The van der Waals surface area contributed by atoms with Gasteiger partial charge >= 0.3 is 0 Å². The van der Waals surface area contributed by atoms with Gasteiger partial charge in [-0.15, -0.1) is 0 Å². The number of carbonyl (C=O) groups is 2. The lowest BCUT2D eigenvalue weighted by Crippen LogP contribution is -2.33. The van der Waals surface area contributed by atoms with E-state index in [4.69, 9.17) is 9.73 Å². The number of nitrogens with zero attached hydrogens (tertiary/aromatic N) is 1. The highest BCUT2D eigenvalue weighted by Gasteiger charge is 2.30. The first-order chi connectivity index (χ1) is 13.7. The van der Waals surface area contributed by atoms with Crippen LogP contribution < -0.4 is 15.4 Å². The molecule has 2 N–H and O–H groups in total. The van der Waals surface area contributed by atoms with Crippen molar-refractivity contribution in [1.82, 2.24) is 10.6 Å². The van der Waals surface area contributed by atoms with Gasteiger partial charge in [-0.05, 0) is 31.4 Å². The smallest absolute Gasteiger partial charge is 0.257 e. The van der Waals surface area contributed by atoms with Crippen LogP contribution >= 0.6 is 11.8 Å².